The van der Waals surface area contributed by atoms with Gasteiger partial charge in [0.05, 0.1) is 5.56 Å². The molecule has 1 amide bonds. The fourth-order valence-electron chi connectivity index (χ4n) is 5.59. The molecule has 10 nitrogen and oxygen atoms in total. The molecule has 2 N–H and O–H groups in total. The van der Waals surface area contributed by atoms with E-state index < -0.39 is 43.4 Å². The van der Waals surface area contributed by atoms with Gasteiger partial charge in [-0.15, -0.1) is 26.6 Å². The Bertz CT molecular complexity index is 1500. The van der Waals surface area contributed by atoms with Crippen molar-refractivity contribution in [1.29, 1.82) is 0 Å². The van der Waals surface area contributed by atoms with Crippen LogP contribution in [0.25, 0.3) is 0 Å². The molecule has 42 heavy (non-hydrogen) atoms. The fourth-order valence-corrected chi connectivity index (χ4v) is 6.95. The molecule has 0 aliphatic heterocycles. The first-order valence-corrected chi connectivity index (χ1v) is 14.4. The number of nitrogens with zero attached hydrogens (tertiary/aromatic N) is 5. The molecule has 3 aromatic heterocycles. The summed E-state index contributed by atoms with van der Waals surface area (Å²) in [5, 5.41) is 17.8. The lowest BCUT2D eigenvalue weighted by Crippen LogP contribution is -2.40. The molecule has 0 unspecified atom stereocenters. The van der Waals surface area contributed by atoms with Crippen molar-refractivity contribution in [2.24, 2.45) is 18.9 Å². The number of fused-ring (bicyclic) bond motifs is 1. The number of rotatable bonds is 11. The van der Waals surface area contributed by atoms with Crippen molar-refractivity contribution in [3.05, 3.63) is 33.3 Å². The van der Waals surface area contributed by atoms with Crippen molar-refractivity contribution < 1.29 is 36.3 Å². The van der Waals surface area contributed by atoms with Crippen LogP contribution in [0, 0.1) is 11.8 Å². The standard InChI is InChI=1S/C26H28F5N7O3S/c1-37-20(7-21(36-37)41-24(28)29)34-25-35-33-11-38(25)14-2-3-18-15(5-14)22(23(40)32-10-12-4-16(12)27)19(42-18)6-17(39)13-8-26(30,31)9-13/h7,11-14,16,24H,2-6,8-10H2,1H3,(H,32,40)(H,34,35)/t12-,14+,16-/m1/s1. The highest BCUT2D eigenvalue weighted by atomic mass is 32.1. The summed E-state index contributed by atoms with van der Waals surface area (Å²) in [6.45, 7) is -2.85. The molecule has 0 saturated heterocycles. The number of aromatic nitrogens is 5. The third-order valence-corrected chi connectivity index (χ3v) is 9.34. The number of aryl methyl sites for hydroxylation is 2. The van der Waals surface area contributed by atoms with Gasteiger partial charge in [-0.3, -0.25) is 14.2 Å². The molecule has 0 radical (unpaired) electrons. The van der Waals surface area contributed by atoms with Gasteiger partial charge in [-0.05, 0) is 31.2 Å². The van der Waals surface area contributed by atoms with Crippen LogP contribution >= 0.6 is 11.3 Å². The van der Waals surface area contributed by atoms with E-state index in [0.717, 1.165) is 10.4 Å². The highest BCUT2D eigenvalue weighted by Gasteiger charge is 2.48. The average molecular weight is 614 g/mol. The fraction of sp³-hybridized carbons (Fsp3) is 0.577. The molecule has 3 aliphatic rings. The maximum Gasteiger partial charge on any atom is 0.388 e. The Hall–Kier alpha value is -3.56. The van der Waals surface area contributed by atoms with Crippen LogP contribution in [0.15, 0.2) is 12.4 Å². The lowest BCUT2D eigenvalue weighted by molar-refractivity contribution is -0.147. The van der Waals surface area contributed by atoms with Crippen LogP contribution in [0.5, 0.6) is 5.88 Å². The number of ether oxygens (including phenoxy) is 1. The molecular weight excluding hydrogens is 585 g/mol. The number of halogens is 5. The Morgan fingerprint density at radius 3 is 2.74 bits per heavy atom. The highest BCUT2D eigenvalue weighted by molar-refractivity contribution is 7.12. The lowest BCUT2D eigenvalue weighted by atomic mass is 9.77. The first-order valence-electron chi connectivity index (χ1n) is 13.6. The number of ketones is 1. The van der Waals surface area contributed by atoms with Crippen molar-refractivity contribution in [3.8, 4) is 5.88 Å². The number of hydrogen-bond donors (Lipinski definition) is 2. The molecule has 226 valence electrons. The van der Waals surface area contributed by atoms with Crippen molar-refractivity contribution in [1.82, 2.24) is 29.9 Å². The largest absolute Gasteiger partial charge is 0.415 e. The molecule has 6 rings (SSSR count). The van der Waals surface area contributed by atoms with E-state index in [1.165, 1.54) is 28.4 Å². The van der Waals surface area contributed by atoms with Gasteiger partial charge in [0.2, 0.25) is 17.8 Å². The summed E-state index contributed by atoms with van der Waals surface area (Å²) in [7, 11) is 1.55. The lowest BCUT2D eigenvalue weighted by Gasteiger charge is -2.33. The van der Waals surface area contributed by atoms with Crippen molar-refractivity contribution >= 4 is 34.8 Å². The Kier molecular flexibility index (Phi) is 7.43. The number of nitrogens with one attached hydrogen (secondary N) is 2. The number of carbonyl (C=O) groups excluding carboxylic acids is 2. The first kappa shape index (κ1) is 28.6. The predicted molar refractivity (Wildman–Crippen MR) is 140 cm³/mol. The Morgan fingerprint density at radius 1 is 1.29 bits per heavy atom. The molecular formula is C26H28F5N7O3S. The number of Topliss-reactive ketones (excluding diaryl/α,β-unsaturated/α-hetero) is 1. The Morgan fingerprint density at radius 2 is 2.05 bits per heavy atom. The van der Waals surface area contributed by atoms with Gasteiger partial charge in [0, 0.05) is 66.6 Å². The van der Waals surface area contributed by atoms with E-state index in [4.69, 9.17) is 0 Å². The number of amides is 1. The van der Waals surface area contributed by atoms with Crippen LogP contribution in [-0.2, 0) is 31.1 Å². The SMILES string of the molecule is Cn1nc(OC(F)F)cc1Nc1nncn1[C@H]1CCc2sc(CC(=O)C3CC(F)(F)C3)c(C(=O)NC[C@H]3C[C@H]3F)c2C1. The third kappa shape index (κ3) is 5.85. The van der Waals surface area contributed by atoms with Gasteiger partial charge >= 0.3 is 6.61 Å². The predicted octanol–water partition coefficient (Wildman–Crippen LogP) is 4.39. The summed E-state index contributed by atoms with van der Waals surface area (Å²) >= 11 is 1.35. The van der Waals surface area contributed by atoms with E-state index >= 15 is 0 Å². The maximum atomic E-state index is 13.5. The van der Waals surface area contributed by atoms with Crippen LogP contribution in [0.3, 0.4) is 0 Å². The van der Waals surface area contributed by atoms with Gasteiger partial charge in [-0.25, -0.2) is 17.9 Å². The van der Waals surface area contributed by atoms with Gasteiger partial charge in [0.1, 0.15) is 24.1 Å². The molecule has 0 bridgehead atoms. The van der Waals surface area contributed by atoms with E-state index in [0.29, 0.717) is 47.9 Å². The van der Waals surface area contributed by atoms with E-state index in [9.17, 15) is 31.5 Å². The number of carbonyl (C=O) groups is 2. The number of thiophene rings is 1. The van der Waals surface area contributed by atoms with Gasteiger partial charge in [0.15, 0.2) is 0 Å². The van der Waals surface area contributed by atoms with Gasteiger partial charge in [-0.1, -0.05) is 0 Å². The molecule has 16 heteroatoms. The summed E-state index contributed by atoms with van der Waals surface area (Å²) in [4.78, 5) is 27.7. The van der Waals surface area contributed by atoms with Crippen LogP contribution in [0.1, 0.15) is 57.4 Å². The van der Waals surface area contributed by atoms with Crippen LogP contribution in [-0.4, -0.2) is 61.5 Å². The van der Waals surface area contributed by atoms with Gasteiger partial charge in [-0.2, -0.15) is 8.78 Å². The summed E-state index contributed by atoms with van der Waals surface area (Å²) in [6, 6.07) is 1.10. The Labute approximate surface area is 240 Å². The van der Waals surface area contributed by atoms with E-state index in [-0.39, 0.29) is 36.6 Å². The zero-order valence-corrected chi connectivity index (χ0v) is 23.3. The molecule has 3 heterocycles. The van der Waals surface area contributed by atoms with Crippen molar-refractivity contribution in [2.75, 3.05) is 11.9 Å². The monoisotopic (exact) mass is 613 g/mol. The highest BCUT2D eigenvalue weighted by Crippen LogP contribution is 2.45. The topological polar surface area (TPSA) is 116 Å². The molecule has 0 spiro atoms. The normalized spacial score (nSPS) is 22.9. The summed E-state index contributed by atoms with van der Waals surface area (Å²) in [6.07, 6.45) is 1.55. The van der Waals surface area contributed by atoms with Crippen LogP contribution < -0.4 is 15.4 Å². The van der Waals surface area contributed by atoms with Gasteiger partial charge < -0.3 is 15.4 Å². The molecule has 2 fully saturated rings. The maximum absolute atomic E-state index is 13.5. The summed E-state index contributed by atoms with van der Waals surface area (Å²) in [5.41, 5.74) is 1.12. The van der Waals surface area contributed by atoms with Crippen LogP contribution in [0.2, 0.25) is 0 Å². The minimum Gasteiger partial charge on any atom is -0.415 e. The Balaban J connectivity index is 1.23. The zero-order valence-electron chi connectivity index (χ0n) is 22.5. The number of hydrogen-bond acceptors (Lipinski definition) is 8. The minimum absolute atomic E-state index is 0.107. The molecule has 0 aromatic carbocycles. The second-order valence-corrected chi connectivity index (χ2v) is 12.3. The summed E-state index contributed by atoms with van der Waals surface area (Å²) in [5.74, 6) is -4.12. The molecule has 3 aromatic rings. The second kappa shape index (κ2) is 10.9. The smallest absolute Gasteiger partial charge is 0.388 e. The van der Waals surface area contributed by atoms with E-state index in [1.54, 1.807) is 11.6 Å². The minimum atomic E-state index is -3.03. The summed E-state index contributed by atoms with van der Waals surface area (Å²) < 4.78 is 73.0. The number of anilines is 2. The average Bonchev–Trinajstić information content (AvgIpc) is 3.21. The molecule has 3 atom stereocenters. The van der Waals surface area contributed by atoms with Crippen molar-refractivity contribution in [2.45, 2.75) is 69.7 Å². The van der Waals surface area contributed by atoms with Gasteiger partial charge in [0.25, 0.3) is 5.91 Å². The van der Waals surface area contributed by atoms with E-state index in [2.05, 4.69) is 30.7 Å². The third-order valence-electron chi connectivity index (χ3n) is 8.05. The first-order chi connectivity index (χ1) is 20.0. The quantitative estimate of drug-likeness (QED) is 0.308. The van der Waals surface area contributed by atoms with Crippen LogP contribution in [0.4, 0.5) is 33.7 Å². The zero-order chi connectivity index (χ0) is 29.8. The molecule has 2 saturated carbocycles. The number of alkyl halides is 5. The van der Waals surface area contributed by atoms with E-state index in [1.807, 2.05) is 0 Å². The van der Waals surface area contributed by atoms with Crippen molar-refractivity contribution in [3.63, 3.8) is 0 Å². The molecule has 3 aliphatic carbocycles. The second-order valence-electron chi connectivity index (χ2n) is 11.1.